The maximum absolute atomic E-state index is 12.6. The Morgan fingerprint density at radius 1 is 1.09 bits per heavy atom. The number of amides is 1. The maximum Gasteiger partial charge on any atom is 0.339 e. The van der Waals surface area contributed by atoms with E-state index in [4.69, 9.17) is 20.5 Å². The Morgan fingerprint density at radius 2 is 1.79 bits per heavy atom. The lowest BCUT2D eigenvalue weighted by molar-refractivity contribution is -0.115. The molecule has 0 aromatic heterocycles. The first-order valence-corrected chi connectivity index (χ1v) is 13.1. The summed E-state index contributed by atoms with van der Waals surface area (Å²) >= 11 is 10.4. The standard InChI is InChI=1S/C23H16BrClN2O5S2/c1-31-19-12-14(11-18(24)21(19)32-34(29,30)17-5-3-2-4-6-17)13-20-22(28)27-23(33-20)26-16-9-7-15(25)8-10-16/h2-13H,1H3,(H,26,27,28)/b20-13-. The highest BCUT2D eigenvalue weighted by molar-refractivity contribution is 9.10. The fraction of sp³-hybridized carbons (Fsp3) is 0.0435. The lowest BCUT2D eigenvalue weighted by Crippen LogP contribution is -2.19. The van der Waals surface area contributed by atoms with Crippen LogP contribution in [0.5, 0.6) is 11.5 Å². The van der Waals surface area contributed by atoms with Gasteiger partial charge in [0.15, 0.2) is 16.7 Å². The van der Waals surface area contributed by atoms with Crippen LogP contribution < -0.4 is 14.2 Å². The maximum atomic E-state index is 12.6. The lowest BCUT2D eigenvalue weighted by atomic mass is 10.2. The van der Waals surface area contributed by atoms with Crippen LogP contribution in [0.25, 0.3) is 6.08 Å². The van der Waals surface area contributed by atoms with Gasteiger partial charge in [0.25, 0.3) is 5.91 Å². The molecule has 1 aliphatic heterocycles. The molecule has 3 aromatic carbocycles. The zero-order valence-electron chi connectivity index (χ0n) is 17.5. The number of aliphatic imine (C=N–C) groups is 1. The van der Waals surface area contributed by atoms with Gasteiger partial charge in [-0.2, -0.15) is 8.42 Å². The van der Waals surface area contributed by atoms with Crippen LogP contribution in [-0.4, -0.2) is 26.6 Å². The first-order chi connectivity index (χ1) is 16.2. The molecule has 174 valence electrons. The second-order valence-electron chi connectivity index (χ2n) is 6.84. The van der Waals surface area contributed by atoms with Crippen LogP contribution in [0.2, 0.25) is 5.02 Å². The summed E-state index contributed by atoms with van der Waals surface area (Å²) in [6, 6.07) is 17.9. The molecule has 0 saturated carbocycles. The number of hydrogen-bond acceptors (Lipinski definition) is 7. The Hall–Kier alpha value is -2.79. The number of carbonyl (C=O) groups is 1. The SMILES string of the molecule is COc1cc(/C=C2\SC(=Nc3ccc(Cl)cc3)NC2=O)cc(Br)c1OS(=O)(=O)c1ccccc1. The van der Waals surface area contributed by atoms with Gasteiger partial charge in [-0.1, -0.05) is 29.8 Å². The molecule has 34 heavy (non-hydrogen) atoms. The number of nitrogens with zero attached hydrogens (tertiary/aromatic N) is 1. The Labute approximate surface area is 214 Å². The van der Waals surface area contributed by atoms with Crippen molar-refractivity contribution in [2.24, 2.45) is 4.99 Å². The van der Waals surface area contributed by atoms with Crippen LogP contribution in [0.4, 0.5) is 5.69 Å². The van der Waals surface area contributed by atoms with Crippen molar-refractivity contribution in [3.8, 4) is 11.5 Å². The minimum atomic E-state index is -4.07. The molecule has 7 nitrogen and oxygen atoms in total. The van der Waals surface area contributed by atoms with Gasteiger partial charge in [0.05, 0.1) is 22.2 Å². The van der Waals surface area contributed by atoms with Crippen LogP contribution in [0.1, 0.15) is 5.56 Å². The molecule has 1 amide bonds. The van der Waals surface area contributed by atoms with Crippen molar-refractivity contribution in [1.82, 2.24) is 5.32 Å². The average Bonchev–Trinajstić information content (AvgIpc) is 3.15. The smallest absolute Gasteiger partial charge is 0.339 e. The number of nitrogens with one attached hydrogen (secondary N) is 1. The first kappa shape index (κ1) is 24.3. The number of methoxy groups -OCH3 is 1. The highest BCUT2D eigenvalue weighted by Crippen LogP contribution is 2.40. The van der Waals surface area contributed by atoms with E-state index in [0.717, 1.165) is 0 Å². The summed E-state index contributed by atoms with van der Waals surface area (Å²) in [6.07, 6.45) is 1.65. The minimum absolute atomic E-state index is 0.00187. The number of hydrogen-bond donors (Lipinski definition) is 1. The summed E-state index contributed by atoms with van der Waals surface area (Å²) in [5.41, 5.74) is 1.25. The quantitative estimate of drug-likeness (QED) is 0.294. The molecule has 0 atom stereocenters. The van der Waals surface area contributed by atoms with Crippen LogP contribution in [-0.2, 0) is 14.9 Å². The van der Waals surface area contributed by atoms with Gasteiger partial charge in [-0.25, -0.2) is 4.99 Å². The molecule has 1 N–H and O–H groups in total. The molecule has 0 aliphatic carbocycles. The number of thioether (sulfide) groups is 1. The van der Waals surface area contributed by atoms with E-state index in [9.17, 15) is 13.2 Å². The molecule has 0 unspecified atom stereocenters. The fourth-order valence-electron chi connectivity index (χ4n) is 2.91. The van der Waals surface area contributed by atoms with E-state index < -0.39 is 10.1 Å². The topological polar surface area (TPSA) is 94.1 Å². The number of rotatable bonds is 6. The van der Waals surface area contributed by atoms with Crippen molar-refractivity contribution in [1.29, 1.82) is 0 Å². The van der Waals surface area contributed by atoms with Crippen LogP contribution in [0.15, 0.2) is 86.0 Å². The number of carbonyl (C=O) groups excluding carboxylic acids is 1. The van der Waals surface area contributed by atoms with Gasteiger partial charge in [-0.05, 0) is 87.9 Å². The largest absolute Gasteiger partial charge is 0.493 e. The molecule has 0 radical (unpaired) electrons. The van der Waals surface area contributed by atoms with Gasteiger partial charge in [-0.3, -0.25) is 4.79 Å². The average molecular weight is 580 g/mol. The van der Waals surface area contributed by atoms with Crippen molar-refractivity contribution < 1.29 is 22.1 Å². The van der Waals surface area contributed by atoms with Crippen LogP contribution in [0.3, 0.4) is 0 Å². The Morgan fingerprint density at radius 3 is 2.47 bits per heavy atom. The molecule has 0 spiro atoms. The molecular formula is C23H16BrClN2O5S2. The first-order valence-electron chi connectivity index (χ1n) is 9.67. The van der Waals surface area contributed by atoms with Crippen molar-refractivity contribution in [3.05, 3.63) is 86.7 Å². The van der Waals surface area contributed by atoms with Gasteiger partial charge in [-0.15, -0.1) is 0 Å². The molecule has 11 heteroatoms. The second-order valence-corrected chi connectivity index (χ2v) is 10.7. The highest BCUT2D eigenvalue weighted by Gasteiger charge is 2.25. The van der Waals surface area contributed by atoms with E-state index in [2.05, 4.69) is 26.2 Å². The van der Waals surface area contributed by atoms with Crippen molar-refractivity contribution in [3.63, 3.8) is 0 Å². The Balaban J connectivity index is 1.60. The highest BCUT2D eigenvalue weighted by atomic mass is 79.9. The van der Waals surface area contributed by atoms with E-state index in [-0.39, 0.29) is 22.3 Å². The fourth-order valence-corrected chi connectivity index (χ4v) is 5.51. The predicted molar refractivity (Wildman–Crippen MR) is 137 cm³/mol. The Bertz CT molecular complexity index is 1410. The molecule has 1 heterocycles. The monoisotopic (exact) mass is 578 g/mol. The van der Waals surface area contributed by atoms with E-state index >= 15 is 0 Å². The van der Waals surface area contributed by atoms with Crippen molar-refractivity contribution in [2.45, 2.75) is 4.90 Å². The predicted octanol–water partition coefficient (Wildman–Crippen LogP) is 5.77. The normalized spacial score (nSPS) is 16.0. The number of ether oxygens (including phenoxy) is 1. The van der Waals surface area contributed by atoms with Crippen LogP contribution in [0, 0.1) is 0 Å². The van der Waals surface area contributed by atoms with Crippen molar-refractivity contribution >= 4 is 72.2 Å². The molecule has 1 aliphatic rings. The van der Waals surface area contributed by atoms with E-state index in [0.29, 0.717) is 30.8 Å². The molecule has 3 aromatic rings. The molecular weight excluding hydrogens is 564 g/mol. The molecule has 1 fully saturated rings. The number of benzene rings is 3. The third kappa shape index (κ3) is 5.64. The van der Waals surface area contributed by atoms with Gasteiger partial charge >= 0.3 is 10.1 Å². The van der Waals surface area contributed by atoms with Crippen LogP contribution >= 0.6 is 39.3 Å². The minimum Gasteiger partial charge on any atom is -0.493 e. The van der Waals surface area contributed by atoms with Gasteiger partial charge in [0.1, 0.15) is 4.90 Å². The zero-order chi connectivity index (χ0) is 24.3. The summed E-state index contributed by atoms with van der Waals surface area (Å²) in [7, 11) is -2.67. The molecule has 0 bridgehead atoms. The molecule has 1 saturated heterocycles. The lowest BCUT2D eigenvalue weighted by Gasteiger charge is -2.13. The number of halogens is 2. The summed E-state index contributed by atoms with van der Waals surface area (Å²) in [4.78, 5) is 17.3. The van der Waals surface area contributed by atoms with Gasteiger partial charge in [0.2, 0.25) is 0 Å². The zero-order valence-corrected chi connectivity index (χ0v) is 21.5. The van der Waals surface area contributed by atoms with Gasteiger partial charge < -0.3 is 14.2 Å². The van der Waals surface area contributed by atoms with Crippen molar-refractivity contribution in [2.75, 3.05) is 7.11 Å². The number of amidine groups is 1. The van der Waals surface area contributed by atoms with Gasteiger partial charge in [0, 0.05) is 5.02 Å². The summed E-state index contributed by atoms with van der Waals surface area (Å²) < 4.78 is 36.3. The third-order valence-electron chi connectivity index (χ3n) is 4.48. The molecule has 4 rings (SSSR count). The third-order valence-corrected chi connectivity index (χ3v) is 7.47. The van der Waals surface area contributed by atoms with E-state index in [1.807, 2.05) is 0 Å². The summed E-state index contributed by atoms with van der Waals surface area (Å²) in [5, 5.41) is 3.74. The van der Waals surface area contributed by atoms with E-state index in [1.54, 1.807) is 60.7 Å². The Kier molecular flexibility index (Phi) is 7.32. The summed E-state index contributed by atoms with van der Waals surface area (Å²) in [5.74, 6) is -0.124. The summed E-state index contributed by atoms with van der Waals surface area (Å²) in [6.45, 7) is 0. The van der Waals surface area contributed by atoms with E-state index in [1.165, 1.54) is 31.0 Å². The second kappa shape index (κ2) is 10.2.